The zero-order chi connectivity index (χ0) is 19.2. The summed E-state index contributed by atoms with van der Waals surface area (Å²) >= 11 is 6.32. The third-order valence-electron chi connectivity index (χ3n) is 4.87. The number of nitrogens with one attached hydrogen (secondary N) is 3. The van der Waals surface area contributed by atoms with Crippen LogP contribution in [0.4, 0.5) is 10.5 Å². The summed E-state index contributed by atoms with van der Waals surface area (Å²) in [5.74, 6) is -0.290. The molecule has 3 rings (SSSR count). The molecule has 2 aromatic carbocycles. The minimum Gasteiger partial charge on any atom is -0.359 e. The minimum atomic E-state index is -0.491. The summed E-state index contributed by atoms with van der Waals surface area (Å²) in [6, 6.07) is 16.5. The second kappa shape index (κ2) is 8.88. The Hall–Kier alpha value is -2.57. The smallest absolute Gasteiger partial charge is 0.321 e. The highest BCUT2D eigenvalue weighted by Gasteiger charge is 2.35. The number of rotatable bonds is 4. The maximum atomic E-state index is 12.8. The number of anilines is 1. The lowest BCUT2D eigenvalue weighted by molar-refractivity contribution is -0.922. The number of para-hydroxylation sites is 1. The molecule has 7 heteroatoms. The Labute approximate surface area is 164 Å². The topological polar surface area (TPSA) is 65.9 Å². The predicted octanol–water partition coefficient (Wildman–Crippen LogP) is 1.24. The summed E-state index contributed by atoms with van der Waals surface area (Å²) in [5, 5.41) is 5.60. The number of halogens is 1. The Kier molecular flexibility index (Phi) is 6.32. The fourth-order valence-electron chi connectivity index (χ4n) is 3.50. The maximum Gasteiger partial charge on any atom is 0.321 e. The Morgan fingerprint density at radius 3 is 2.30 bits per heavy atom. The van der Waals surface area contributed by atoms with Gasteiger partial charge in [-0.2, -0.15) is 0 Å². The van der Waals surface area contributed by atoms with Gasteiger partial charge in [0.2, 0.25) is 0 Å². The molecule has 27 heavy (non-hydrogen) atoms. The number of piperazine rings is 1. The molecule has 1 aliphatic rings. The number of nitrogens with zero attached hydrogens (tertiary/aromatic N) is 1. The third-order valence-corrected chi connectivity index (χ3v) is 5.19. The van der Waals surface area contributed by atoms with Crippen LogP contribution < -0.4 is 20.4 Å². The quantitative estimate of drug-likeness (QED) is 0.739. The zero-order valence-corrected chi connectivity index (χ0v) is 16.0. The standard InChI is InChI=1S/C20H23ClN4O2/c1-22-20(27)23-19(26)18(15-7-3-2-4-8-15)25-13-11-24(12-14-25)17-10-6-5-9-16(17)21/h2-10,18H,11-14H2,1H3,(H2,22,23,26,27)/p+1/t18-/m1/s1. The number of imide groups is 1. The molecule has 0 spiro atoms. The van der Waals surface area contributed by atoms with Gasteiger partial charge in [-0.25, -0.2) is 4.79 Å². The first kappa shape index (κ1) is 19.2. The molecular weight excluding hydrogens is 364 g/mol. The summed E-state index contributed by atoms with van der Waals surface area (Å²) in [6.45, 7) is 3.11. The lowest BCUT2D eigenvalue weighted by atomic mass is 10.0. The van der Waals surface area contributed by atoms with E-state index in [0.717, 1.165) is 47.4 Å². The van der Waals surface area contributed by atoms with E-state index in [1.54, 1.807) is 0 Å². The van der Waals surface area contributed by atoms with E-state index in [4.69, 9.17) is 11.6 Å². The van der Waals surface area contributed by atoms with Crippen LogP contribution >= 0.6 is 11.6 Å². The Morgan fingerprint density at radius 1 is 1.04 bits per heavy atom. The van der Waals surface area contributed by atoms with Gasteiger partial charge in [-0.1, -0.05) is 54.1 Å². The van der Waals surface area contributed by atoms with Crippen molar-refractivity contribution in [2.45, 2.75) is 6.04 Å². The average molecular weight is 388 g/mol. The van der Waals surface area contributed by atoms with Crippen LogP contribution in [0.5, 0.6) is 0 Å². The number of benzene rings is 2. The van der Waals surface area contributed by atoms with E-state index in [2.05, 4.69) is 15.5 Å². The van der Waals surface area contributed by atoms with Crippen LogP contribution in [0.25, 0.3) is 0 Å². The van der Waals surface area contributed by atoms with Crippen LogP contribution in [0, 0.1) is 0 Å². The molecule has 2 aromatic rings. The Balaban J connectivity index is 1.75. The van der Waals surface area contributed by atoms with Crippen LogP contribution in [0.3, 0.4) is 0 Å². The number of carbonyl (C=O) groups excluding carboxylic acids is 2. The largest absolute Gasteiger partial charge is 0.359 e. The van der Waals surface area contributed by atoms with Crippen molar-refractivity contribution in [1.29, 1.82) is 0 Å². The first-order valence-electron chi connectivity index (χ1n) is 9.01. The Morgan fingerprint density at radius 2 is 1.67 bits per heavy atom. The zero-order valence-electron chi connectivity index (χ0n) is 15.2. The third kappa shape index (κ3) is 4.59. The molecule has 3 amide bonds. The van der Waals surface area contributed by atoms with Crippen molar-refractivity contribution in [2.24, 2.45) is 0 Å². The highest BCUT2D eigenvalue weighted by molar-refractivity contribution is 6.33. The van der Waals surface area contributed by atoms with E-state index in [9.17, 15) is 9.59 Å². The highest BCUT2D eigenvalue weighted by Crippen LogP contribution is 2.25. The molecule has 0 aromatic heterocycles. The van der Waals surface area contributed by atoms with Gasteiger partial charge in [0.05, 0.1) is 36.9 Å². The summed E-state index contributed by atoms with van der Waals surface area (Å²) < 4.78 is 0. The predicted molar refractivity (Wildman–Crippen MR) is 106 cm³/mol. The van der Waals surface area contributed by atoms with Crippen molar-refractivity contribution in [1.82, 2.24) is 10.6 Å². The lowest BCUT2D eigenvalue weighted by Crippen LogP contribution is -3.16. The van der Waals surface area contributed by atoms with E-state index in [0.29, 0.717) is 0 Å². The van der Waals surface area contributed by atoms with Gasteiger partial charge in [-0.05, 0) is 12.1 Å². The molecule has 1 aliphatic heterocycles. The summed E-state index contributed by atoms with van der Waals surface area (Å²) in [6.07, 6.45) is 0. The molecule has 0 bridgehead atoms. The summed E-state index contributed by atoms with van der Waals surface area (Å²) in [4.78, 5) is 27.8. The molecule has 0 radical (unpaired) electrons. The number of hydrogen-bond acceptors (Lipinski definition) is 3. The van der Waals surface area contributed by atoms with Gasteiger partial charge >= 0.3 is 6.03 Å². The van der Waals surface area contributed by atoms with Crippen molar-refractivity contribution >= 4 is 29.2 Å². The van der Waals surface area contributed by atoms with E-state index in [1.807, 2.05) is 54.6 Å². The molecule has 1 fully saturated rings. The minimum absolute atomic E-state index is 0.290. The summed E-state index contributed by atoms with van der Waals surface area (Å²) in [5.41, 5.74) is 1.92. The molecule has 142 valence electrons. The van der Waals surface area contributed by atoms with Crippen molar-refractivity contribution in [3.8, 4) is 0 Å². The van der Waals surface area contributed by atoms with E-state index >= 15 is 0 Å². The molecule has 1 saturated heterocycles. The van der Waals surface area contributed by atoms with Gasteiger partial charge in [-0.3, -0.25) is 10.1 Å². The first-order valence-corrected chi connectivity index (χ1v) is 9.39. The van der Waals surface area contributed by atoms with E-state index in [-0.39, 0.29) is 5.91 Å². The van der Waals surface area contributed by atoms with Crippen LogP contribution in [-0.4, -0.2) is 45.2 Å². The molecule has 1 atom stereocenters. The van der Waals surface area contributed by atoms with Gasteiger partial charge in [0.15, 0.2) is 6.04 Å². The average Bonchev–Trinajstić information content (AvgIpc) is 2.70. The first-order chi connectivity index (χ1) is 13.1. The van der Waals surface area contributed by atoms with Gasteiger partial charge in [0.25, 0.3) is 5.91 Å². The van der Waals surface area contributed by atoms with Crippen molar-refractivity contribution in [3.63, 3.8) is 0 Å². The normalized spacial score (nSPS) is 15.9. The monoisotopic (exact) mass is 387 g/mol. The number of urea groups is 1. The van der Waals surface area contributed by atoms with Crippen LogP contribution in [0.2, 0.25) is 5.02 Å². The van der Waals surface area contributed by atoms with E-state index in [1.165, 1.54) is 7.05 Å². The fraction of sp³-hybridized carbons (Fsp3) is 0.300. The van der Waals surface area contributed by atoms with E-state index < -0.39 is 12.1 Å². The molecule has 0 unspecified atom stereocenters. The van der Waals surface area contributed by atoms with Gasteiger partial charge in [-0.15, -0.1) is 0 Å². The summed E-state index contributed by atoms with van der Waals surface area (Å²) in [7, 11) is 1.50. The van der Waals surface area contributed by atoms with Crippen molar-refractivity contribution < 1.29 is 14.5 Å². The van der Waals surface area contributed by atoms with Crippen LogP contribution in [-0.2, 0) is 4.79 Å². The second-order valence-electron chi connectivity index (χ2n) is 6.51. The number of carbonyl (C=O) groups is 2. The van der Waals surface area contributed by atoms with Crippen LogP contribution in [0.15, 0.2) is 54.6 Å². The van der Waals surface area contributed by atoms with Crippen LogP contribution in [0.1, 0.15) is 11.6 Å². The second-order valence-corrected chi connectivity index (χ2v) is 6.92. The number of hydrogen-bond donors (Lipinski definition) is 3. The van der Waals surface area contributed by atoms with Crippen molar-refractivity contribution in [2.75, 3.05) is 38.1 Å². The molecule has 0 saturated carbocycles. The number of amides is 3. The molecule has 3 N–H and O–H groups in total. The van der Waals surface area contributed by atoms with Gasteiger partial charge in [0, 0.05) is 12.6 Å². The van der Waals surface area contributed by atoms with Crippen molar-refractivity contribution in [3.05, 3.63) is 65.2 Å². The number of quaternary nitrogens is 1. The molecule has 0 aliphatic carbocycles. The SMILES string of the molecule is CNC(=O)NC(=O)[C@@H](c1ccccc1)[NH+]1CCN(c2ccccc2Cl)CC1. The molecular formula is C20H24ClN4O2+. The lowest BCUT2D eigenvalue weighted by Gasteiger charge is -2.37. The van der Waals surface area contributed by atoms with Gasteiger partial charge < -0.3 is 15.1 Å². The van der Waals surface area contributed by atoms with Gasteiger partial charge in [0.1, 0.15) is 0 Å². The maximum absolute atomic E-state index is 12.8. The molecule has 6 nitrogen and oxygen atoms in total. The Bertz CT molecular complexity index is 792. The highest BCUT2D eigenvalue weighted by atomic mass is 35.5. The fourth-order valence-corrected chi connectivity index (χ4v) is 3.75. The molecule has 1 heterocycles.